The smallest absolute Gasteiger partial charge is 0.315 e. The van der Waals surface area contributed by atoms with Gasteiger partial charge < -0.3 is 31.9 Å². The number of thioether (sulfide) groups is 1. The molecule has 0 aromatic carbocycles. The minimum Gasteiger partial charge on any atom is -0.356 e. The quantitative estimate of drug-likeness (QED) is 0.0421. The van der Waals surface area contributed by atoms with Crippen LogP contribution in [-0.2, 0) is 28.0 Å². The summed E-state index contributed by atoms with van der Waals surface area (Å²) in [4.78, 5) is 59.3. The van der Waals surface area contributed by atoms with Crippen LogP contribution in [0.3, 0.4) is 0 Å². The largest absolute Gasteiger partial charge is 0.356 e. The van der Waals surface area contributed by atoms with Gasteiger partial charge in [0.15, 0.2) is 8.87 Å². The standard InChI is InChI=1S/C31H56N6O7S3/c1-47(43,44)46-22-21-35-29(41)16-7-4-12-19-33-27(39)14-5-2-10-18-32-26(38)15-6-3-11-20-34-28(40)17-9-8-13-25-30-24(23-45-25)36-31(42)37-30/h24-25,30H,2-23H2,1H3,(H,32,38)(H,33,39)(H,34,40)(H,35,41)(H2,36,37,42)/t24-,25-,30-/m0/s1. The van der Waals surface area contributed by atoms with Crippen molar-refractivity contribution in [1.29, 1.82) is 0 Å². The van der Waals surface area contributed by atoms with Crippen molar-refractivity contribution in [3.63, 3.8) is 0 Å². The van der Waals surface area contributed by atoms with Crippen molar-refractivity contribution in [2.24, 2.45) is 0 Å². The van der Waals surface area contributed by atoms with E-state index in [1.165, 1.54) is 0 Å². The van der Waals surface area contributed by atoms with Crippen LogP contribution in [0, 0.1) is 0 Å². The Bertz CT molecular complexity index is 1100. The molecule has 47 heavy (non-hydrogen) atoms. The van der Waals surface area contributed by atoms with E-state index < -0.39 is 8.87 Å². The third kappa shape index (κ3) is 20.7. The minimum absolute atomic E-state index is 0.0158. The fraction of sp³-hybridized carbons (Fsp3) is 0.839. The highest BCUT2D eigenvalue weighted by Gasteiger charge is 2.42. The maximum atomic E-state index is 12.1. The van der Waals surface area contributed by atoms with E-state index >= 15 is 0 Å². The molecule has 6 N–H and O–H groups in total. The Morgan fingerprint density at radius 3 is 1.60 bits per heavy atom. The number of unbranched alkanes of at least 4 members (excludes halogenated alkanes) is 7. The van der Waals surface area contributed by atoms with Crippen LogP contribution < -0.4 is 31.9 Å². The number of carbonyl (C=O) groups is 5. The number of carbonyl (C=O) groups excluding carboxylic acids is 5. The molecule has 6 amide bonds. The summed E-state index contributed by atoms with van der Waals surface area (Å²) in [5.74, 6) is 1.33. The lowest BCUT2D eigenvalue weighted by Crippen LogP contribution is -2.36. The lowest BCUT2D eigenvalue weighted by Gasteiger charge is -2.16. The zero-order chi connectivity index (χ0) is 34.3. The van der Waals surface area contributed by atoms with Gasteiger partial charge in [0.05, 0.1) is 12.1 Å². The van der Waals surface area contributed by atoms with Crippen LogP contribution >= 0.6 is 22.6 Å². The van der Waals surface area contributed by atoms with Gasteiger partial charge in [0.25, 0.3) is 0 Å². The van der Waals surface area contributed by atoms with Gasteiger partial charge in [-0.1, -0.05) is 25.7 Å². The van der Waals surface area contributed by atoms with Gasteiger partial charge in [-0.25, -0.2) is 13.2 Å². The molecule has 3 atom stereocenters. The molecule has 0 saturated carbocycles. The Morgan fingerprint density at radius 2 is 1.13 bits per heavy atom. The molecule has 2 aliphatic rings. The Balaban J connectivity index is 1.29. The van der Waals surface area contributed by atoms with Gasteiger partial charge in [0.1, 0.15) is 0 Å². The van der Waals surface area contributed by atoms with Gasteiger partial charge in [-0.15, -0.1) is 0 Å². The molecule has 0 aliphatic carbocycles. The molecule has 2 rings (SSSR count). The van der Waals surface area contributed by atoms with Gasteiger partial charge in [-0.3, -0.25) is 19.2 Å². The molecule has 16 heteroatoms. The molecular formula is C31H56N6O7S3. The Morgan fingerprint density at radius 1 is 0.681 bits per heavy atom. The first-order valence-electron chi connectivity index (χ1n) is 17.1. The highest BCUT2D eigenvalue weighted by atomic mass is 33.1. The van der Waals surface area contributed by atoms with Crippen molar-refractivity contribution < 1.29 is 32.4 Å². The number of nitrogens with one attached hydrogen (secondary N) is 6. The molecule has 2 aliphatic heterocycles. The topological polar surface area (TPSA) is 192 Å². The molecule has 0 bridgehead atoms. The van der Waals surface area contributed by atoms with Gasteiger partial charge in [-0.2, -0.15) is 11.8 Å². The van der Waals surface area contributed by atoms with E-state index in [9.17, 15) is 32.4 Å². The van der Waals surface area contributed by atoms with Crippen molar-refractivity contribution in [2.75, 3.05) is 43.9 Å². The highest BCUT2D eigenvalue weighted by Crippen LogP contribution is 2.33. The van der Waals surface area contributed by atoms with E-state index in [2.05, 4.69) is 31.9 Å². The number of rotatable bonds is 27. The minimum atomic E-state index is -3.08. The zero-order valence-corrected chi connectivity index (χ0v) is 30.3. The molecule has 270 valence electrons. The first-order valence-corrected chi connectivity index (χ1v) is 21.6. The average Bonchev–Trinajstić information content (AvgIpc) is 3.57. The monoisotopic (exact) mass is 720 g/mol. The summed E-state index contributed by atoms with van der Waals surface area (Å²) in [7, 11) is -2.26. The third-order valence-electron chi connectivity index (χ3n) is 8.01. The molecule has 0 aromatic heterocycles. The number of fused-ring (bicyclic) bond motifs is 1. The highest BCUT2D eigenvalue weighted by molar-refractivity contribution is 8.71. The van der Waals surface area contributed by atoms with E-state index in [4.69, 9.17) is 0 Å². The molecular weight excluding hydrogens is 665 g/mol. The van der Waals surface area contributed by atoms with E-state index in [0.717, 1.165) is 99.9 Å². The molecule has 0 unspecified atom stereocenters. The van der Waals surface area contributed by atoms with Crippen molar-refractivity contribution >= 4 is 61.1 Å². The van der Waals surface area contributed by atoms with Crippen molar-refractivity contribution in [3.05, 3.63) is 0 Å². The van der Waals surface area contributed by atoms with Gasteiger partial charge >= 0.3 is 6.03 Å². The molecule has 2 heterocycles. The van der Waals surface area contributed by atoms with E-state index in [0.29, 0.717) is 62.9 Å². The van der Waals surface area contributed by atoms with Crippen LogP contribution in [0.4, 0.5) is 4.79 Å². The van der Waals surface area contributed by atoms with Crippen molar-refractivity contribution in [2.45, 2.75) is 120 Å². The molecule has 13 nitrogen and oxygen atoms in total. The summed E-state index contributed by atoms with van der Waals surface area (Å²) in [6.07, 6.45) is 13.1. The van der Waals surface area contributed by atoms with Gasteiger partial charge in [0, 0.05) is 74.9 Å². The maximum absolute atomic E-state index is 12.1. The Labute approximate surface area is 288 Å². The molecule has 0 radical (unpaired) electrons. The summed E-state index contributed by atoms with van der Waals surface area (Å²) in [5.41, 5.74) is 0. The van der Waals surface area contributed by atoms with Crippen LogP contribution in [0.1, 0.15) is 103 Å². The van der Waals surface area contributed by atoms with E-state index in [1.54, 1.807) is 0 Å². The molecule has 2 fully saturated rings. The molecule has 0 aromatic rings. The Kier molecular flexibility index (Phi) is 20.9. The fourth-order valence-electron chi connectivity index (χ4n) is 5.46. The van der Waals surface area contributed by atoms with Crippen LogP contribution in [0.25, 0.3) is 0 Å². The van der Waals surface area contributed by atoms with E-state index in [-0.39, 0.29) is 41.7 Å². The summed E-state index contributed by atoms with van der Waals surface area (Å²) >= 11 is 1.90. The van der Waals surface area contributed by atoms with Crippen LogP contribution in [0.15, 0.2) is 0 Å². The van der Waals surface area contributed by atoms with Crippen molar-refractivity contribution in [1.82, 2.24) is 31.9 Å². The average molecular weight is 721 g/mol. The second-order valence-corrected chi connectivity index (χ2v) is 18.1. The normalized spacial score (nSPS) is 18.6. The molecule has 0 spiro atoms. The molecule has 2 saturated heterocycles. The lowest BCUT2D eigenvalue weighted by molar-refractivity contribution is -0.122. The number of urea groups is 1. The summed E-state index contributed by atoms with van der Waals surface area (Å²) in [6.45, 7) is 2.14. The second kappa shape index (κ2) is 24.0. The van der Waals surface area contributed by atoms with Crippen LogP contribution in [-0.4, -0.2) is 99.4 Å². The number of hydrogen-bond donors (Lipinski definition) is 6. The first-order chi connectivity index (χ1) is 22.5. The van der Waals surface area contributed by atoms with Gasteiger partial charge in [0.2, 0.25) is 23.6 Å². The van der Waals surface area contributed by atoms with Crippen LogP contribution in [0.5, 0.6) is 0 Å². The second-order valence-electron chi connectivity index (χ2n) is 12.2. The summed E-state index contributed by atoms with van der Waals surface area (Å²) < 4.78 is 22.1. The maximum Gasteiger partial charge on any atom is 0.315 e. The SMILES string of the molecule is CS(=O)(=O)SCCNC(=O)CCCCCNC(=O)CCCCCNC(=O)CCCCCNC(=O)CCCC[C@@H]1SC[C@@H]2NC(=O)N[C@@H]21. The summed E-state index contributed by atoms with van der Waals surface area (Å²) in [6, 6.07) is 0.388. The number of amides is 6. The van der Waals surface area contributed by atoms with Gasteiger partial charge in [-0.05, 0) is 62.2 Å². The number of hydrogen-bond acceptors (Lipinski definition) is 9. The zero-order valence-electron chi connectivity index (χ0n) is 27.9. The van der Waals surface area contributed by atoms with Crippen LogP contribution in [0.2, 0.25) is 0 Å². The lowest BCUT2D eigenvalue weighted by atomic mass is 10.0. The predicted molar refractivity (Wildman–Crippen MR) is 189 cm³/mol. The summed E-state index contributed by atoms with van der Waals surface area (Å²) in [5, 5.41) is 17.9. The Hall–Kier alpha value is -2.20. The predicted octanol–water partition coefficient (Wildman–Crippen LogP) is 2.55. The fourth-order valence-corrected chi connectivity index (χ4v) is 8.65. The third-order valence-corrected chi connectivity index (χ3v) is 12.1. The van der Waals surface area contributed by atoms with E-state index in [1.807, 2.05) is 11.8 Å². The van der Waals surface area contributed by atoms with Crippen molar-refractivity contribution in [3.8, 4) is 0 Å². The first kappa shape index (κ1) is 41.0.